The van der Waals surface area contributed by atoms with Gasteiger partial charge in [0.2, 0.25) is 10.0 Å². The van der Waals surface area contributed by atoms with E-state index in [1.807, 2.05) is 51.1 Å². The number of hydrogen-bond acceptors (Lipinski definition) is 5. The zero-order valence-corrected chi connectivity index (χ0v) is 17.7. The smallest absolute Gasteiger partial charge is 0.257 e. The first-order valence-electron chi connectivity index (χ1n) is 9.82. The van der Waals surface area contributed by atoms with Crippen molar-refractivity contribution < 1.29 is 12.9 Å². The molecule has 29 heavy (non-hydrogen) atoms. The van der Waals surface area contributed by atoms with Crippen molar-refractivity contribution in [1.29, 1.82) is 0 Å². The van der Waals surface area contributed by atoms with Gasteiger partial charge in [-0.3, -0.25) is 0 Å². The van der Waals surface area contributed by atoms with E-state index in [0.717, 1.165) is 22.3 Å². The largest absolute Gasteiger partial charge is 0.334 e. The van der Waals surface area contributed by atoms with Gasteiger partial charge in [-0.05, 0) is 69.0 Å². The van der Waals surface area contributed by atoms with Gasteiger partial charge in [0, 0.05) is 24.6 Å². The van der Waals surface area contributed by atoms with Crippen LogP contribution in [0.2, 0.25) is 0 Å². The summed E-state index contributed by atoms with van der Waals surface area (Å²) in [4.78, 5) is 4.93. The van der Waals surface area contributed by atoms with Gasteiger partial charge in [0.05, 0.1) is 4.90 Å². The summed E-state index contributed by atoms with van der Waals surface area (Å²) in [6.07, 6.45) is 1.35. The number of benzene rings is 2. The van der Waals surface area contributed by atoms with E-state index in [9.17, 15) is 8.42 Å². The van der Waals surface area contributed by atoms with Crippen molar-refractivity contribution in [2.45, 2.75) is 44.4 Å². The van der Waals surface area contributed by atoms with E-state index in [1.54, 1.807) is 16.4 Å². The first-order chi connectivity index (χ1) is 13.8. The van der Waals surface area contributed by atoms with Crippen LogP contribution in [0.15, 0.2) is 51.9 Å². The Hall–Kier alpha value is -2.51. The number of aromatic nitrogens is 2. The molecule has 1 aliphatic rings. The highest BCUT2D eigenvalue weighted by Crippen LogP contribution is 2.31. The van der Waals surface area contributed by atoms with E-state index in [-0.39, 0.29) is 5.92 Å². The van der Waals surface area contributed by atoms with Crippen LogP contribution in [0.4, 0.5) is 0 Å². The van der Waals surface area contributed by atoms with Crippen LogP contribution in [-0.4, -0.2) is 36.0 Å². The molecule has 0 N–H and O–H groups in total. The Kier molecular flexibility index (Phi) is 5.27. The van der Waals surface area contributed by atoms with Gasteiger partial charge in [-0.2, -0.15) is 9.29 Å². The molecule has 1 fully saturated rings. The summed E-state index contributed by atoms with van der Waals surface area (Å²) in [5.74, 6) is 1.27. The molecule has 0 atom stereocenters. The van der Waals surface area contributed by atoms with Gasteiger partial charge >= 0.3 is 0 Å². The quantitative estimate of drug-likeness (QED) is 0.642. The molecule has 3 aromatic rings. The average molecular weight is 412 g/mol. The second-order valence-electron chi connectivity index (χ2n) is 7.75. The fourth-order valence-corrected chi connectivity index (χ4v) is 5.23. The SMILES string of the molecule is Cc1cccc(-c2nc(C3CCN(S(=O)(=O)c4ccc(C)c(C)c4)CC3)no2)c1. The number of hydrogen-bond donors (Lipinski definition) is 0. The van der Waals surface area contributed by atoms with E-state index >= 15 is 0 Å². The topological polar surface area (TPSA) is 76.3 Å². The molecule has 0 aliphatic carbocycles. The third-order valence-corrected chi connectivity index (χ3v) is 7.54. The minimum absolute atomic E-state index is 0.100. The monoisotopic (exact) mass is 411 g/mol. The third kappa shape index (κ3) is 3.97. The fraction of sp³-hybridized carbons (Fsp3) is 0.364. The van der Waals surface area contributed by atoms with Gasteiger partial charge in [0.15, 0.2) is 5.82 Å². The molecular formula is C22H25N3O3S. The molecule has 0 radical (unpaired) electrons. The minimum atomic E-state index is -3.48. The lowest BCUT2D eigenvalue weighted by Crippen LogP contribution is -2.38. The average Bonchev–Trinajstić information content (AvgIpc) is 3.20. The fourth-order valence-electron chi connectivity index (χ4n) is 3.67. The summed E-state index contributed by atoms with van der Waals surface area (Å²) in [6.45, 7) is 6.84. The molecule has 2 aromatic carbocycles. The molecule has 1 aliphatic heterocycles. The van der Waals surface area contributed by atoms with Crippen LogP contribution in [-0.2, 0) is 10.0 Å². The minimum Gasteiger partial charge on any atom is -0.334 e. The van der Waals surface area contributed by atoms with E-state index in [4.69, 9.17) is 4.52 Å². The molecule has 0 saturated carbocycles. The zero-order valence-electron chi connectivity index (χ0n) is 16.9. The Labute approximate surface area is 171 Å². The van der Waals surface area contributed by atoms with Gasteiger partial charge < -0.3 is 4.52 Å². The maximum Gasteiger partial charge on any atom is 0.257 e. The molecule has 0 bridgehead atoms. The van der Waals surface area contributed by atoms with Crippen LogP contribution in [0, 0.1) is 20.8 Å². The lowest BCUT2D eigenvalue weighted by atomic mass is 9.97. The van der Waals surface area contributed by atoms with Gasteiger partial charge in [-0.1, -0.05) is 28.9 Å². The van der Waals surface area contributed by atoms with Crippen molar-refractivity contribution in [2.24, 2.45) is 0 Å². The lowest BCUT2D eigenvalue weighted by Gasteiger charge is -2.29. The zero-order chi connectivity index (χ0) is 20.6. The maximum atomic E-state index is 13.0. The summed E-state index contributed by atoms with van der Waals surface area (Å²) in [5.41, 5.74) is 4.10. The number of sulfonamides is 1. The third-order valence-electron chi connectivity index (χ3n) is 5.64. The van der Waals surface area contributed by atoms with Gasteiger partial charge in [-0.25, -0.2) is 8.42 Å². The second-order valence-corrected chi connectivity index (χ2v) is 9.69. The Morgan fingerprint density at radius 2 is 1.76 bits per heavy atom. The van der Waals surface area contributed by atoms with Crippen molar-refractivity contribution in [3.05, 3.63) is 65.0 Å². The maximum absolute atomic E-state index is 13.0. The van der Waals surface area contributed by atoms with Crippen molar-refractivity contribution >= 4 is 10.0 Å². The molecular weight excluding hydrogens is 386 g/mol. The standard InChI is InChI=1S/C22H25N3O3S/c1-15-5-4-6-19(13-15)22-23-21(24-28-22)18-9-11-25(12-10-18)29(26,27)20-8-7-16(2)17(3)14-20/h4-8,13-14,18H,9-12H2,1-3H3. The highest BCUT2D eigenvalue weighted by molar-refractivity contribution is 7.89. The molecule has 0 spiro atoms. The molecule has 6 nitrogen and oxygen atoms in total. The number of aryl methyl sites for hydroxylation is 3. The van der Waals surface area contributed by atoms with Crippen molar-refractivity contribution in [3.8, 4) is 11.5 Å². The Balaban J connectivity index is 1.46. The van der Waals surface area contributed by atoms with Crippen LogP contribution in [0.1, 0.15) is 41.3 Å². The summed E-state index contributed by atoms with van der Waals surface area (Å²) in [6, 6.07) is 13.2. The lowest BCUT2D eigenvalue weighted by molar-refractivity contribution is 0.307. The summed E-state index contributed by atoms with van der Waals surface area (Å²) in [5, 5.41) is 4.16. The number of nitrogens with zero attached hydrogens (tertiary/aromatic N) is 3. The molecule has 2 heterocycles. The normalized spacial score (nSPS) is 16.2. The van der Waals surface area contributed by atoms with Crippen LogP contribution in [0.3, 0.4) is 0 Å². The predicted molar refractivity (Wildman–Crippen MR) is 111 cm³/mol. The molecule has 1 aromatic heterocycles. The Bertz CT molecular complexity index is 1130. The molecule has 152 valence electrons. The van der Waals surface area contributed by atoms with Crippen LogP contribution in [0.5, 0.6) is 0 Å². The highest BCUT2D eigenvalue weighted by Gasteiger charge is 2.32. The second kappa shape index (κ2) is 7.72. The molecule has 4 rings (SSSR count). The van der Waals surface area contributed by atoms with E-state index < -0.39 is 10.0 Å². The summed E-state index contributed by atoms with van der Waals surface area (Å²) in [7, 11) is -3.48. The number of rotatable bonds is 4. The molecule has 0 unspecified atom stereocenters. The van der Waals surface area contributed by atoms with Gasteiger partial charge in [-0.15, -0.1) is 0 Å². The molecule has 0 amide bonds. The van der Waals surface area contributed by atoms with Gasteiger partial charge in [0.25, 0.3) is 5.89 Å². The molecule has 7 heteroatoms. The van der Waals surface area contributed by atoms with E-state index in [0.29, 0.717) is 42.5 Å². The van der Waals surface area contributed by atoms with E-state index in [1.165, 1.54) is 0 Å². The van der Waals surface area contributed by atoms with Crippen molar-refractivity contribution in [3.63, 3.8) is 0 Å². The van der Waals surface area contributed by atoms with Crippen LogP contribution >= 0.6 is 0 Å². The van der Waals surface area contributed by atoms with Crippen LogP contribution < -0.4 is 0 Å². The molecule has 1 saturated heterocycles. The van der Waals surface area contributed by atoms with E-state index in [2.05, 4.69) is 10.1 Å². The number of piperidine rings is 1. The summed E-state index contributed by atoms with van der Waals surface area (Å²) >= 11 is 0. The summed E-state index contributed by atoms with van der Waals surface area (Å²) < 4.78 is 33.0. The van der Waals surface area contributed by atoms with Crippen LogP contribution in [0.25, 0.3) is 11.5 Å². The van der Waals surface area contributed by atoms with Crippen molar-refractivity contribution in [1.82, 2.24) is 14.4 Å². The first kappa shape index (κ1) is 19.8. The Morgan fingerprint density at radius 1 is 1.00 bits per heavy atom. The Morgan fingerprint density at radius 3 is 2.45 bits per heavy atom. The highest BCUT2D eigenvalue weighted by atomic mass is 32.2. The predicted octanol–water partition coefficient (Wildman–Crippen LogP) is 4.23. The van der Waals surface area contributed by atoms with Crippen molar-refractivity contribution in [2.75, 3.05) is 13.1 Å². The first-order valence-corrected chi connectivity index (χ1v) is 11.3. The van der Waals surface area contributed by atoms with Gasteiger partial charge in [0.1, 0.15) is 0 Å².